The van der Waals surface area contributed by atoms with Gasteiger partial charge in [0.05, 0.1) is 16.9 Å². The van der Waals surface area contributed by atoms with Gasteiger partial charge in [0, 0.05) is 15.6 Å². The van der Waals surface area contributed by atoms with Crippen LogP contribution in [0.3, 0.4) is 0 Å². The van der Waals surface area contributed by atoms with E-state index < -0.39 is 5.72 Å². The van der Waals surface area contributed by atoms with E-state index in [-0.39, 0.29) is 5.91 Å². The zero-order chi connectivity index (χ0) is 19.3. The quantitative estimate of drug-likeness (QED) is 0.647. The van der Waals surface area contributed by atoms with Crippen molar-refractivity contribution in [2.45, 2.75) is 5.72 Å². The number of carbonyl (C=O) groups is 1. The van der Waals surface area contributed by atoms with Gasteiger partial charge in [-0.15, -0.1) is 5.10 Å². The second-order valence-corrected chi connectivity index (χ2v) is 7.32. The molecule has 0 aliphatic carbocycles. The Morgan fingerprint density at radius 3 is 2.39 bits per heavy atom. The number of fused-ring (bicyclic) bond motifs is 2. The van der Waals surface area contributed by atoms with Crippen molar-refractivity contribution in [1.29, 1.82) is 0 Å². The molecule has 1 atom stereocenters. The van der Waals surface area contributed by atoms with Gasteiger partial charge in [-0.05, 0) is 54.6 Å². The van der Waals surface area contributed by atoms with E-state index in [9.17, 15) is 4.79 Å². The number of nitrogens with zero attached hydrogens (tertiary/aromatic N) is 2. The number of nitrogens with one attached hydrogen (secondary N) is 1. The Bertz CT molecular complexity index is 1120. The number of halogens is 2. The molecule has 138 valence electrons. The van der Waals surface area contributed by atoms with E-state index in [1.54, 1.807) is 47.5 Å². The lowest BCUT2D eigenvalue weighted by Crippen LogP contribution is -2.47. The van der Waals surface area contributed by atoms with E-state index in [2.05, 4.69) is 10.4 Å². The molecule has 0 bridgehead atoms. The molecule has 7 heteroatoms. The van der Waals surface area contributed by atoms with Crippen LogP contribution in [0.15, 0.2) is 77.9 Å². The second kappa shape index (κ2) is 6.26. The maximum absolute atomic E-state index is 13.2. The lowest BCUT2D eigenvalue weighted by molar-refractivity contribution is -0.130. The molecule has 1 spiro atoms. The Morgan fingerprint density at radius 2 is 1.64 bits per heavy atom. The van der Waals surface area contributed by atoms with Crippen molar-refractivity contribution in [3.8, 4) is 0 Å². The summed E-state index contributed by atoms with van der Waals surface area (Å²) in [5.74, 6) is -0.00942. The van der Waals surface area contributed by atoms with Crippen LogP contribution in [0.5, 0.6) is 0 Å². The van der Waals surface area contributed by atoms with Gasteiger partial charge in [0.25, 0.3) is 5.91 Å². The largest absolute Gasteiger partial charge is 0.433 e. The van der Waals surface area contributed by atoms with Crippen LogP contribution in [-0.4, -0.2) is 11.8 Å². The van der Waals surface area contributed by atoms with Gasteiger partial charge in [-0.1, -0.05) is 41.4 Å². The average Bonchev–Trinajstić information content (AvgIpc) is 3.23. The molecule has 5 nitrogen and oxygen atoms in total. The van der Waals surface area contributed by atoms with Crippen molar-refractivity contribution in [2.24, 2.45) is 5.10 Å². The summed E-state index contributed by atoms with van der Waals surface area (Å²) in [7, 11) is 0. The summed E-state index contributed by atoms with van der Waals surface area (Å²) in [5.41, 5.74) is 1.21. The fourth-order valence-electron chi connectivity index (χ4n) is 3.43. The second-order valence-electron chi connectivity index (χ2n) is 6.45. The molecule has 0 radical (unpaired) electrons. The number of hydrogen-bond donors (Lipinski definition) is 1. The fraction of sp³-hybridized carbons (Fsp3) is 0.0476. The summed E-state index contributed by atoms with van der Waals surface area (Å²) < 4.78 is 6.26. The highest BCUT2D eigenvalue weighted by Gasteiger charge is 2.59. The molecule has 1 N–H and O–H groups in total. The van der Waals surface area contributed by atoms with E-state index in [4.69, 9.17) is 27.9 Å². The first-order valence-corrected chi connectivity index (χ1v) is 9.34. The Hall–Kier alpha value is -3.02. The maximum Gasteiger partial charge on any atom is 0.311 e. The van der Waals surface area contributed by atoms with Gasteiger partial charge >= 0.3 is 5.72 Å². The molecule has 0 aromatic heterocycles. The Balaban J connectivity index is 1.71. The predicted molar refractivity (Wildman–Crippen MR) is 110 cm³/mol. The van der Waals surface area contributed by atoms with Gasteiger partial charge in [0.2, 0.25) is 5.90 Å². The summed E-state index contributed by atoms with van der Waals surface area (Å²) in [5, 5.41) is 10.2. The van der Waals surface area contributed by atoms with Crippen molar-refractivity contribution in [3.63, 3.8) is 0 Å². The summed E-state index contributed by atoms with van der Waals surface area (Å²) in [6, 6.07) is 21.7. The first-order valence-electron chi connectivity index (χ1n) is 8.58. The zero-order valence-electron chi connectivity index (χ0n) is 14.4. The molecule has 0 fully saturated rings. The molecular weight excluding hydrogens is 397 g/mol. The molecule has 2 heterocycles. The molecule has 0 saturated carbocycles. The molecule has 3 aromatic carbocycles. The van der Waals surface area contributed by atoms with E-state index >= 15 is 0 Å². The molecule has 1 unspecified atom stereocenters. The minimum atomic E-state index is -1.48. The van der Waals surface area contributed by atoms with Crippen molar-refractivity contribution in [1.82, 2.24) is 0 Å². The van der Waals surface area contributed by atoms with Gasteiger partial charge in [0.1, 0.15) is 0 Å². The minimum Gasteiger partial charge on any atom is -0.433 e. The van der Waals surface area contributed by atoms with Crippen LogP contribution in [-0.2, 0) is 15.3 Å². The van der Waals surface area contributed by atoms with E-state index in [0.29, 0.717) is 32.8 Å². The predicted octanol–water partition coefficient (Wildman–Crippen LogP) is 5.00. The van der Waals surface area contributed by atoms with Crippen LogP contribution >= 0.6 is 23.2 Å². The third-order valence-electron chi connectivity index (χ3n) is 4.73. The van der Waals surface area contributed by atoms with Gasteiger partial charge in [-0.25, -0.2) is 5.01 Å². The number of benzene rings is 3. The molecule has 5 rings (SSSR count). The van der Waals surface area contributed by atoms with Crippen LogP contribution in [0, 0.1) is 0 Å². The number of hydrazone groups is 1. The standard InChI is InChI=1S/C21H13Cl2N3O2/c22-14-8-6-13(7-9-14)19-25-26(16-4-2-1-3-5-16)21(28-19)17-12-15(23)10-11-18(17)24-20(21)27/h1-12H,(H,24,27). The molecule has 2 aliphatic rings. The maximum atomic E-state index is 13.2. The SMILES string of the molecule is O=C1Nc2ccc(Cl)cc2C12OC(c1ccc(Cl)cc1)=NN2c1ccccc1. The van der Waals surface area contributed by atoms with Crippen LogP contribution in [0.4, 0.5) is 11.4 Å². The van der Waals surface area contributed by atoms with Gasteiger partial charge < -0.3 is 10.1 Å². The highest BCUT2D eigenvalue weighted by molar-refractivity contribution is 6.31. The van der Waals surface area contributed by atoms with Gasteiger partial charge in [-0.3, -0.25) is 4.79 Å². The summed E-state index contributed by atoms with van der Waals surface area (Å²) in [4.78, 5) is 13.2. The van der Waals surface area contributed by atoms with Crippen molar-refractivity contribution >= 4 is 46.4 Å². The highest BCUT2D eigenvalue weighted by Crippen LogP contribution is 2.48. The summed E-state index contributed by atoms with van der Waals surface area (Å²) >= 11 is 12.2. The summed E-state index contributed by atoms with van der Waals surface area (Å²) in [6.45, 7) is 0. The van der Waals surface area contributed by atoms with Gasteiger partial charge in [0.15, 0.2) is 0 Å². The van der Waals surface area contributed by atoms with Crippen LogP contribution in [0.1, 0.15) is 11.1 Å². The van der Waals surface area contributed by atoms with Crippen molar-refractivity contribution < 1.29 is 9.53 Å². The number of anilines is 2. The lowest BCUT2D eigenvalue weighted by atomic mass is 10.0. The number of amides is 1. The Labute approximate surface area is 171 Å². The number of ether oxygens (including phenoxy) is 1. The molecule has 28 heavy (non-hydrogen) atoms. The third-order valence-corrected chi connectivity index (χ3v) is 5.22. The van der Waals surface area contributed by atoms with Crippen molar-refractivity contribution in [2.75, 3.05) is 10.3 Å². The Kier molecular flexibility index (Phi) is 3.82. The molecule has 1 amide bonds. The number of rotatable bonds is 2. The minimum absolute atomic E-state index is 0.323. The fourth-order valence-corrected chi connectivity index (χ4v) is 3.73. The Morgan fingerprint density at radius 1 is 0.929 bits per heavy atom. The number of hydrogen-bond acceptors (Lipinski definition) is 4. The molecule has 0 saturated heterocycles. The van der Waals surface area contributed by atoms with Crippen LogP contribution in [0.25, 0.3) is 0 Å². The van der Waals surface area contributed by atoms with E-state index in [1.165, 1.54) is 0 Å². The van der Waals surface area contributed by atoms with E-state index in [1.807, 2.05) is 30.3 Å². The highest BCUT2D eigenvalue weighted by atomic mass is 35.5. The number of para-hydroxylation sites is 1. The van der Waals surface area contributed by atoms with Gasteiger partial charge in [-0.2, -0.15) is 0 Å². The van der Waals surface area contributed by atoms with Crippen molar-refractivity contribution in [3.05, 3.63) is 94.0 Å². The monoisotopic (exact) mass is 409 g/mol. The van der Waals surface area contributed by atoms with E-state index in [0.717, 1.165) is 5.69 Å². The third kappa shape index (κ3) is 2.47. The van der Waals surface area contributed by atoms with Crippen LogP contribution in [0.2, 0.25) is 10.0 Å². The first kappa shape index (κ1) is 17.1. The topological polar surface area (TPSA) is 53.9 Å². The number of carbonyl (C=O) groups excluding carboxylic acids is 1. The van der Waals surface area contributed by atoms with Crippen LogP contribution < -0.4 is 10.3 Å². The smallest absolute Gasteiger partial charge is 0.311 e. The summed E-state index contributed by atoms with van der Waals surface area (Å²) in [6.07, 6.45) is 0. The first-order chi connectivity index (χ1) is 13.6. The molecule has 2 aliphatic heterocycles. The lowest BCUT2D eigenvalue weighted by Gasteiger charge is -2.30. The molecule has 3 aromatic rings. The molecular formula is C21H13Cl2N3O2. The zero-order valence-corrected chi connectivity index (χ0v) is 15.9. The average molecular weight is 410 g/mol. The normalized spacial score (nSPS) is 20.0.